The van der Waals surface area contributed by atoms with Gasteiger partial charge in [-0.2, -0.15) is 5.26 Å². The Morgan fingerprint density at radius 1 is 1.38 bits per heavy atom. The number of sulfone groups is 1. The number of nitriles is 1. The molecule has 114 valence electrons. The van der Waals surface area contributed by atoms with Gasteiger partial charge in [0.2, 0.25) is 0 Å². The number of rotatable bonds is 7. The van der Waals surface area contributed by atoms with Crippen molar-refractivity contribution in [3.63, 3.8) is 0 Å². The molecule has 1 saturated carbocycles. The molecule has 2 rings (SSSR count). The molecular formula is C15H21N3O2S. The summed E-state index contributed by atoms with van der Waals surface area (Å²) < 4.78 is 24.6. The van der Waals surface area contributed by atoms with Crippen LogP contribution in [-0.2, 0) is 9.84 Å². The summed E-state index contributed by atoms with van der Waals surface area (Å²) in [5, 5.41) is 8.74. The quantitative estimate of drug-likeness (QED) is 0.812. The third-order valence-corrected chi connectivity index (χ3v) is 5.74. The Labute approximate surface area is 126 Å². The minimum absolute atomic E-state index is 0.0681. The van der Waals surface area contributed by atoms with Crippen LogP contribution in [0.1, 0.15) is 18.4 Å². The van der Waals surface area contributed by atoms with Gasteiger partial charge in [0.05, 0.1) is 22.3 Å². The van der Waals surface area contributed by atoms with E-state index in [1.54, 1.807) is 0 Å². The van der Waals surface area contributed by atoms with Crippen LogP contribution in [-0.4, -0.2) is 45.2 Å². The van der Waals surface area contributed by atoms with Crippen molar-refractivity contribution in [1.82, 2.24) is 4.90 Å². The van der Waals surface area contributed by atoms with Gasteiger partial charge >= 0.3 is 0 Å². The molecule has 0 aliphatic heterocycles. The van der Waals surface area contributed by atoms with E-state index in [9.17, 15) is 8.42 Å². The predicted molar refractivity (Wildman–Crippen MR) is 81.4 cm³/mol. The summed E-state index contributed by atoms with van der Waals surface area (Å²) in [4.78, 5) is 2.32. The lowest BCUT2D eigenvalue weighted by Gasteiger charge is -2.26. The van der Waals surface area contributed by atoms with E-state index in [-0.39, 0.29) is 16.7 Å². The highest BCUT2D eigenvalue weighted by molar-refractivity contribution is 7.91. The number of benzene rings is 1. The Bertz CT molecular complexity index is 615. The fraction of sp³-hybridized carbons (Fsp3) is 0.533. The Morgan fingerprint density at radius 3 is 2.48 bits per heavy atom. The first-order valence-corrected chi connectivity index (χ1v) is 8.76. The number of likely N-dealkylation sites (N-methyl/N-ethyl adjacent to an activating group) is 1. The average Bonchev–Trinajstić information content (AvgIpc) is 3.31. The molecular weight excluding hydrogens is 286 g/mol. The average molecular weight is 307 g/mol. The highest BCUT2D eigenvalue weighted by atomic mass is 32.2. The van der Waals surface area contributed by atoms with E-state index in [0.717, 1.165) is 0 Å². The van der Waals surface area contributed by atoms with Gasteiger partial charge in [0.1, 0.15) is 0 Å². The molecule has 1 aromatic rings. The standard InChI is InChI=1S/C15H21N3O2S/c1-18(15(11-17)13-4-5-13)8-9-21(19,20)14-6-2-12(10-16)3-7-14/h2-3,6-7,13,15H,4-5,8-9,11,17H2,1H3. The van der Waals surface area contributed by atoms with Crippen molar-refractivity contribution < 1.29 is 8.42 Å². The van der Waals surface area contributed by atoms with Crippen LogP contribution >= 0.6 is 0 Å². The zero-order valence-electron chi connectivity index (χ0n) is 12.2. The molecule has 1 unspecified atom stereocenters. The van der Waals surface area contributed by atoms with Gasteiger partial charge in [0, 0.05) is 19.1 Å². The monoisotopic (exact) mass is 307 g/mol. The molecule has 0 heterocycles. The maximum absolute atomic E-state index is 12.3. The summed E-state index contributed by atoms with van der Waals surface area (Å²) in [6.07, 6.45) is 2.38. The lowest BCUT2D eigenvalue weighted by Crippen LogP contribution is -2.41. The van der Waals surface area contributed by atoms with Crippen LogP contribution in [0.4, 0.5) is 0 Å². The molecule has 1 atom stereocenters. The van der Waals surface area contributed by atoms with E-state index >= 15 is 0 Å². The van der Waals surface area contributed by atoms with Gasteiger partial charge in [0.15, 0.2) is 9.84 Å². The minimum atomic E-state index is -3.32. The van der Waals surface area contributed by atoms with Crippen LogP contribution in [0.2, 0.25) is 0 Å². The Balaban J connectivity index is 1.98. The van der Waals surface area contributed by atoms with Gasteiger partial charge in [0.25, 0.3) is 0 Å². The summed E-state index contributed by atoms with van der Waals surface area (Å²) in [6, 6.07) is 8.31. The fourth-order valence-corrected chi connectivity index (χ4v) is 3.81. The molecule has 1 fully saturated rings. The largest absolute Gasteiger partial charge is 0.329 e. The van der Waals surface area contributed by atoms with Gasteiger partial charge in [-0.3, -0.25) is 0 Å². The zero-order valence-corrected chi connectivity index (χ0v) is 13.0. The Morgan fingerprint density at radius 2 is 2.00 bits per heavy atom. The van der Waals surface area contributed by atoms with Crippen LogP contribution in [0.3, 0.4) is 0 Å². The highest BCUT2D eigenvalue weighted by Gasteiger charge is 2.33. The number of nitrogens with two attached hydrogens (primary N) is 1. The van der Waals surface area contributed by atoms with E-state index in [4.69, 9.17) is 11.0 Å². The first kappa shape index (κ1) is 16.0. The van der Waals surface area contributed by atoms with Crippen LogP contribution in [0.5, 0.6) is 0 Å². The van der Waals surface area contributed by atoms with Crippen molar-refractivity contribution in [2.45, 2.75) is 23.8 Å². The maximum atomic E-state index is 12.3. The molecule has 1 aliphatic carbocycles. The topological polar surface area (TPSA) is 87.2 Å². The highest BCUT2D eigenvalue weighted by Crippen LogP contribution is 2.34. The molecule has 0 spiro atoms. The maximum Gasteiger partial charge on any atom is 0.179 e. The van der Waals surface area contributed by atoms with Crippen molar-refractivity contribution in [2.75, 3.05) is 25.9 Å². The first-order chi connectivity index (χ1) is 9.97. The van der Waals surface area contributed by atoms with Crippen LogP contribution < -0.4 is 5.73 Å². The van der Waals surface area contributed by atoms with Crippen molar-refractivity contribution >= 4 is 9.84 Å². The van der Waals surface area contributed by atoms with E-state index in [2.05, 4.69) is 4.90 Å². The summed E-state index contributed by atoms with van der Waals surface area (Å²) >= 11 is 0. The lowest BCUT2D eigenvalue weighted by molar-refractivity contribution is 0.235. The number of hydrogen-bond acceptors (Lipinski definition) is 5. The third-order valence-electron chi connectivity index (χ3n) is 4.03. The van der Waals surface area contributed by atoms with Gasteiger partial charge in [-0.25, -0.2) is 8.42 Å². The smallest absolute Gasteiger partial charge is 0.179 e. The van der Waals surface area contributed by atoms with Crippen molar-refractivity contribution in [3.8, 4) is 6.07 Å². The van der Waals surface area contributed by atoms with Gasteiger partial charge in [-0.15, -0.1) is 0 Å². The Hall–Kier alpha value is -1.42. The number of nitrogens with zero attached hydrogens (tertiary/aromatic N) is 2. The fourth-order valence-electron chi connectivity index (χ4n) is 2.50. The van der Waals surface area contributed by atoms with Gasteiger partial charge in [-0.05, 0) is 50.1 Å². The molecule has 0 saturated heterocycles. The summed E-state index contributed by atoms with van der Waals surface area (Å²) in [7, 11) is -1.38. The molecule has 0 radical (unpaired) electrons. The molecule has 6 heteroatoms. The second kappa shape index (κ2) is 6.56. The predicted octanol–water partition coefficient (Wildman–Crippen LogP) is 1.00. The van der Waals surface area contributed by atoms with E-state index in [0.29, 0.717) is 24.6 Å². The minimum Gasteiger partial charge on any atom is -0.329 e. The summed E-state index contributed by atoms with van der Waals surface area (Å²) in [5.74, 6) is 0.691. The molecule has 1 aliphatic rings. The van der Waals surface area contributed by atoms with Crippen molar-refractivity contribution in [1.29, 1.82) is 5.26 Å². The molecule has 2 N–H and O–H groups in total. The second-order valence-corrected chi connectivity index (χ2v) is 7.69. The lowest BCUT2D eigenvalue weighted by atomic mass is 10.1. The summed E-state index contributed by atoms with van der Waals surface area (Å²) in [6.45, 7) is 1.04. The van der Waals surface area contributed by atoms with Gasteiger partial charge in [-0.1, -0.05) is 0 Å². The van der Waals surface area contributed by atoms with E-state index in [1.807, 2.05) is 13.1 Å². The SMILES string of the molecule is CN(CCS(=O)(=O)c1ccc(C#N)cc1)C(CN)C1CC1. The Kier molecular flexibility index (Phi) is 4.99. The van der Waals surface area contributed by atoms with Crippen molar-refractivity contribution in [3.05, 3.63) is 29.8 Å². The third kappa shape index (κ3) is 4.03. The zero-order chi connectivity index (χ0) is 15.5. The molecule has 0 amide bonds. The van der Waals surface area contributed by atoms with Gasteiger partial charge < -0.3 is 10.6 Å². The molecule has 21 heavy (non-hydrogen) atoms. The molecule has 5 nitrogen and oxygen atoms in total. The van der Waals surface area contributed by atoms with Crippen LogP contribution in [0, 0.1) is 17.2 Å². The van der Waals surface area contributed by atoms with E-state index in [1.165, 1.54) is 37.1 Å². The number of hydrogen-bond donors (Lipinski definition) is 1. The first-order valence-electron chi connectivity index (χ1n) is 7.11. The van der Waals surface area contributed by atoms with Crippen LogP contribution in [0.15, 0.2) is 29.2 Å². The normalized spacial score (nSPS) is 16.7. The van der Waals surface area contributed by atoms with E-state index < -0.39 is 9.84 Å². The van der Waals surface area contributed by atoms with Crippen molar-refractivity contribution in [2.24, 2.45) is 11.7 Å². The molecule has 0 bridgehead atoms. The second-order valence-electron chi connectivity index (χ2n) is 5.58. The molecule has 0 aromatic heterocycles. The molecule has 1 aromatic carbocycles. The van der Waals surface area contributed by atoms with Crippen LogP contribution in [0.25, 0.3) is 0 Å². The summed E-state index contributed by atoms with van der Waals surface area (Å²) in [5.41, 5.74) is 6.24.